The van der Waals surface area contributed by atoms with Crippen molar-refractivity contribution in [1.82, 2.24) is 0 Å². The molecule has 0 saturated carbocycles. The van der Waals surface area contributed by atoms with Crippen LogP contribution in [0.25, 0.3) is 0 Å². The van der Waals surface area contributed by atoms with Crippen molar-refractivity contribution in [2.24, 2.45) is 5.92 Å². The first-order valence-electron chi connectivity index (χ1n) is 5.91. The molecule has 2 rings (SSSR count). The second kappa shape index (κ2) is 5.15. The number of amides is 1. The predicted octanol–water partition coefficient (Wildman–Crippen LogP) is 1.98. The average molecular weight is 231 g/mol. The minimum absolute atomic E-state index is 0.0156. The number of carbonyl (C=O) groups is 1. The van der Waals surface area contributed by atoms with Crippen LogP contribution in [-0.2, 0) is 4.79 Å². The molecule has 1 aromatic carbocycles. The summed E-state index contributed by atoms with van der Waals surface area (Å²) in [5.74, 6) is -0.284. The maximum absolute atomic E-state index is 12.2. The largest absolute Gasteiger partial charge is 0.388 e. The van der Waals surface area contributed by atoms with E-state index in [4.69, 9.17) is 0 Å². The molecular formula is C14H17NO2. The molecule has 2 atom stereocenters. The van der Waals surface area contributed by atoms with Crippen molar-refractivity contribution < 1.29 is 9.90 Å². The highest BCUT2D eigenvalue weighted by atomic mass is 16.3. The van der Waals surface area contributed by atoms with E-state index < -0.39 is 6.10 Å². The molecule has 1 aliphatic rings. The number of nitrogens with zero attached hydrogens (tertiary/aromatic N) is 1. The number of rotatable bonds is 3. The first-order chi connectivity index (χ1) is 8.24. The molecule has 1 saturated heterocycles. The summed E-state index contributed by atoms with van der Waals surface area (Å²) in [6, 6.07) is 9.59. The first-order valence-corrected chi connectivity index (χ1v) is 5.91. The molecule has 0 radical (unpaired) electrons. The zero-order chi connectivity index (χ0) is 12.3. The van der Waals surface area contributed by atoms with E-state index in [1.54, 1.807) is 17.1 Å². The molecule has 1 N–H and O–H groups in total. The smallest absolute Gasteiger partial charge is 0.233 e. The zero-order valence-electron chi connectivity index (χ0n) is 9.91. The Labute approximate surface area is 101 Å². The van der Waals surface area contributed by atoms with Crippen LogP contribution in [0, 0.1) is 5.92 Å². The third-order valence-electron chi connectivity index (χ3n) is 3.12. The highest BCUT2D eigenvalue weighted by Crippen LogP contribution is 2.27. The van der Waals surface area contributed by atoms with Crippen molar-refractivity contribution in [3.05, 3.63) is 42.5 Å². The number of carbonyl (C=O) groups excluding carboxylic acids is 1. The summed E-state index contributed by atoms with van der Waals surface area (Å²) in [5.41, 5.74) is 0.910. The topological polar surface area (TPSA) is 40.5 Å². The molecule has 17 heavy (non-hydrogen) atoms. The SMILES string of the molecule is C/C=C/[C@H](O)[C@H]1CCN(c2ccccc2)C1=O. The number of aliphatic hydroxyl groups is 1. The molecule has 1 amide bonds. The molecule has 1 heterocycles. The molecule has 0 aromatic heterocycles. The molecule has 1 aliphatic heterocycles. The maximum Gasteiger partial charge on any atom is 0.233 e. The summed E-state index contributed by atoms with van der Waals surface area (Å²) in [6.07, 6.45) is 3.50. The quantitative estimate of drug-likeness (QED) is 0.808. The normalized spacial score (nSPS) is 22.4. The van der Waals surface area contributed by atoms with E-state index >= 15 is 0 Å². The van der Waals surface area contributed by atoms with E-state index in [-0.39, 0.29) is 11.8 Å². The van der Waals surface area contributed by atoms with E-state index in [1.165, 1.54) is 0 Å². The van der Waals surface area contributed by atoms with Crippen LogP contribution in [0.5, 0.6) is 0 Å². The van der Waals surface area contributed by atoms with Crippen LogP contribution in [-0.4, -0.2) is 23.7 Å². The number of aliphatic hydroxyl groups excluding tert-OH is 1. The standard InChI is InChI=1S/C14H17NO2/c1-2-6-13(16)12-9-10-15(14(12)17)11-7-4-3-5-8-11/h2-8,12-13,16H,9-10H2,1H3/b6-2+/t12-,13+/m1/s1. The van der Waals surface area contributed by atoms with Crippen LogP contribution >= 0.6 is 0 Å². The van der Waals surface area contributed by atoms with E-state index in [2.05, 4.69) is 0 Å². The lowest BCUT2D eigenvalue weighted by Crippen LogP contribution is -2.31. The number of hydrogen-bond acceptors (Lipinski definition) is 2. The summed E-state index contributed by atoms with van der Waals surface area (Å²) in [7, 11) is 0. The van der Waals surface area contributed by atoms with Crippen LogP contribution in [0.2, 0.25) is 0 Å². The number of para-hydroxylation sites is 1. The third-order valence-corrected chi connectivity index (χ3v) is 3.12. The van der Waals surface area contributed by atoms with Gasteiger partial charge in [0.2, 0.25) is 5.91 Å². The van der Waals surface area contributed by atoms with Gasteiger partial charge in [0, 0.05) is 12.2 Å². The Balaban J connectivity index is 2.13. The molecule has 1 fully saturated rings. The van der Waals surface area contributed by atoms with Crippen molar-refractivity contribution in [2.75, 3.05) is 11.4 Å². The summed E-state index contributed by atoms with van der Waals surface area (Å²) in [4.78, 5) is 13.9. The van der Waals surface area contributed by atoms with Gasteiger partial charge in [0.25, 0.3) is 0 Å². The molecule has 90 valence electrons. The zero-order valence-corrected chi connectivity index (χ0v) is 9.91. The Hall–Kier alpha value is -1.61. The Bertz CT molecular complexity index is 413. The molecule has 0 unspecified atom stereocenters. The Morgan fingerprint density at radius 2 is 2.12 bits per heavy atom. The van der Waals surface area contributed by atoms with Crippen molar-refractivity contribution >= 4 is 11.6 Å². The average Bonchev–Trinajstić information content (AvgIpc) is 2.72. The van der Waals surface area contributed by atoms with Gasteiger partial charge in [0.1, 0.15) is 0 Å². The summed E-state index contributed by atoms with van der Waals surface area (Å²) < 4.78 is 0. The van der Waals surface area contributed by atoms with Crippen LogP contribution in [0.4, 0.5) is 5.69 Å². The molecule has 1 aromatic rings. The lowest BCUT2D eigenvalue weighted by Gasteiger charge is -2.17. The first kappa shape index (κ1) is 11.9. The Morgan fingerprint density at radius 1 is 1.41 bits per heavy atom. The summed E-state index contributed by atoms with van der Waals surface area (Å²) in [6.45, 7) is 2.53. The molecule has 0 spiro atoms. The van der Waals surface area contributed by atoms with Crippen LogP contribution in [0.1, 0.15) is 13.3 Å². The molecule has 0 bridgehead atoms. The van der Waals surface area contributed by atoms with Gasteiger partial charge in [-0.1, -0.05) is 30.4 Å². The van der Waals surface area contributed by atoms with Gasteiger partial charge in [0.05, 0.1) is 12.0 Å². The van der Waals surface area contributed by atoms with E-state index in [9.17, 15) is 9.90 Å². The van der Waals surface area contributed by atoms with Crippen molar-refractivity contribution in [3.63, 3.8) is 0 Å². The Morgan fingerprint density at radius 3 is 2.76 bits per heavy atom. The van der Waals surface area contributed by atoms with Crippen LogP contribution in [0.15, 0.2) is 42.5 Å². The maximum atomic E-state index is 12.2. The number of benzene rings is 1. The van der Waals surface area contributed by atoms with Gasteiger partial charge in [0.15, 0.2) is 0 Å². The second-order valence-electron chi connectivity index (χ2n) is 4.24. The minimum Gasteiger partial charge on any atom is -0.388 e. The molecule has 3 nitrogen and oxygen atoms in total. The van der Waals surface area contributed by atoms with Gasteiger partial charge in [-0.15, -0.1) is 0 Å². The van der Waals surface area contributed by atoms with Gasteiger partial charge < -0.3 is 10.0 Å². The fourth-order valence-electron chi connectivity index (χ4n) is 2.21. The number of allylic oxidation sites excluding steroid dienone is 1. The van der Waals surface area contributed by atoms with Crippen molar-refractivity contribution in [2.45, 2.75) is 19.4 Å². The highest BCUT2D eigenvalue weighted by Gasteiger charge is 2.36. The van der Waals surface area contributed by atoms with Gasteiger partial charge in [-0.05, 0) is 25.5 Å². The van der Waals surface area contributed by atoms with Crippen molar-refractivity contribution in [1.29, 1.82) is 0 Å². The van der Waals surface area contributed by atoms with Crippen LogP contribution < -0.4 is 4.90 Å². The van der Waals surface area contributed by atoms with E-state index in [0.29, 0.717) is 13.0 Å². The molecule has 0 aliphatic carbocycles. The van der Waals surface area contributed by atoms with E-state index in [0.717, 1.165) is 5.69 Å². The summed E-state index contributed by atoms with van der Waals surface area (Å²) >= 11 is 0. The Kier molecular flexibility index (Phi) is 3.59. The monoisotopic (exact) mass is 231 g/mol. The minimum atomic E-state index is -0.666. The van der Waals surface area contributed by atoms with Gasteiger partial charge in [-0.3, -0.25) is 4.79 Å². The lowest BCUT2D eigenvalue weighted by molar-refractivity contribution is -0.122. The second-order valence-corrected chi connectivity index (χ2v) is 4.24. The fourth-order valence-corrected chi connectivity index (χ4v) is 2.21. The highest BCUT2D eigenvalue weighted by molar-refractivity contribution is 5.97. The molecular weight excluding hydrogens is 214 g/mol. The third kappa shape index (κ3) is 2.39. The van der Waals surface area contributed by atoms with Gasteiger partial charge >= 0.3 is 0 Å². The summed E-state index contributed by atoms with van der Waals surface area (Å²) in [5, 5.41) is 9.85. The van der Waals surface area contributed by atoms with Gasteiger partial charge in [-0.2, -0.15) is 0 Å². The lowest BCUT2D eigenvalue weighted by atomic mass is 10.0. The number of hydrogen-bond donors (Lipinski definition) is 1. The number of anilines is 1. The van der Waals surface area contributed by atoms with Gasteiger partial charge in [-0.25, -0.2) is 0 Å². The van der Waals surface area contributed by atoms with E-state index in [1.807, 2.05) is 37.3 Å². The predicted molar refractivity (Wildman–Crippen MR) is 67.7 cm³/mol. The van der Waals surface area contributed by atoms with Crippen LogP contribution in [0.3, 0.4) is 0 Å². The fraction of sp³-hybridized carbons (Fsp3) is 0.357. The molecule has 3 heteroatoms. The van der Waals surface area contributed by atoms with Crippen molar-refractivity contribution in [3.8, 4) is 0 Å².